The maximum Gasteiger partial charge on any atom is 0.0643 e. The highest BCUT2D eigenvalue weighted by Gasteiger charge is 1.95. The topological polar surface area (TPSA) is 9.23 Å². The molecule has 0 aliphatic carbocycles. The third-order valence-corrected chi connectivity index (χ3v) is 1.82. The largest absolute Gasteiger partial charge is 0.381 e. The first kappa shape index (κ1) is 8.31. The molecular formula is C11H22O. The van der Waals surface area contributed by atoms with Gasteiger partial charge in [0.1, 0.15) is 0 Å². The van der Waals surface area contributed by atoms with E-state index in [9.17, 15) is 0 Å². The Morgan fingerprint density at radius 3 is 3.08 bits per heavy atom. The summed E-state index contributed by atoms with van der Waals surface area (Å²) in [4.78, 5) is 0. The highest BCUT2D eigenvalue weighted by molar-refractivity contribution is 4.81. The molecule has 1 heteroatoms. The van der Waals surface area contributed by atoms with Gasteiger partial charge in [0.25, 0.3) is 0 Å². The van der Waals surface area contributed by atoms with Gasteiger partial charge in [0.05, 0.1) is 6.61 Å². The van der Waals surface area contributed by atoms with E-state index >= 15 is 0 Å². The van der Waals surface area contributed by atoms with Gasteiger partial charge < -0.3 is 4.74 Å². The first-order valence-electron chi connectivity index (χ1n) is 5.99. The summed E-state index contributed by atoms with van der Waals surface area (Å²) >= 11 is 0. The summed E-state index contributed by atoms with van der Waals surface area (Å²) in [5, 5.41) is 0. The first-order chi connectivity index (χ1) is 6.85. The summed E-state index contributed by atoms with van der Waals surface area (Å²) < 4.78 is 19.3. The number of hydrogen-bond acceptors (Lipinski definition) is 1. The molecule has 0 saturated carbocycles. The molecule has 0 bridgehead atoms. The number of ether oxygens (including phenoxy) is 1. The quantitative estimate of drug-likeness (QED) is 0.422. The summed E-state index contributed by atoms with van der Waals surface area (Å²) in [6.45, 7) is 1.62. The number of allylic oxidation sites excluding steroid dienone is 1. The lowest BCUT2D eigenvalue weighted by molar-refractivity contribution is 0.233. The molecule has 0 heterocycles. The van der Waals surface area contributed by atoms with Gasteiger partial charge in [0.2, 0.25) is 0 Å². The number of methoxy groups -OCH3 is 1. The maximum atomic E-state index is 7.29. The lowest BCUT2D eigenvalue weighted by Gasteiger charge is -2.05. The molecule has 0 aliphatic rings. The molecule has 0 aromatic heterocycles. The zero-order chi connectivity index (χ0) is 10.6. The monoisotopic (exact) mass is 172 g/mol. The Kier molecular flexibility index (Phi) is 6.09. The fourth-order valence-electron chi connectivity index (χ4n) is 0.951. The van der Waals surface area contributed by atoms with Crippen LogP contribution in [-0.2, 0) is 4.74 Å². The van der Waals surface area contributed by atoms with Crippen LogP contribution >= 0.6 is 0 Å². The van der Waals surface area contributed by atoms with E-state index in [1.54, 1.807) is 7.11 Å². The Labute approximate surface area is 79.6 Å². The molecule has 1 atom stereocenters. The second-order valence-corrected chi connectivity index (χ2v) is 3.01. The van der Waals surface area contributed by atoms with Gasteiger partial charge in [-0.3, -0.25) is 0 Å². The van der Waals surface area contributed by atoms with Gasteiger partial charge in [-0.1, -0.05) is 38.8 Å². The van der Waals surface area contributed by atoms with Crippen molar-refractivity contribution >= 4 is 0 Å². The third-order valence-electron chi connectivity index (χ3n) is 1.82. The van der Waals surface area contributed by atoms with E-state index in [0.29, 0.717) is 26.3 Å². The molecule has 1 unspecified atom stereocenters. The lowest BCUT2D eigenvalue weighted by atomic mass is 10.0. The molecule has 0 aliphatic heterocycles. The van der Waals surface area contributed by atoms with Crippen molar-refractivity contribution in [2.75, 3.05) is 13.7 Å². The molecule has 0 saturated heterocycles. The smallest absolute Gasteiger partial charge is 0.0643 e. The van der Waals surface area contributed by atoms with E-state index in [2.05, 4.69) is 6.08 Å². The minimum Gasteiger partial charge on any atom is -0.381 e. The van der Waals surface area contributed by atoms with Gasteiger partial charge in [-0.25, -0.2) is 0 Å². The highest BCUT2D eigenvalue weighted by atomic mass is 16.5. The minimum atomic E-state index is 0.434. The average Bonchev–Trinajstić information content (AvgIpc) is 2.21. The van der Waals surface area contributed by atoms with Crippen molar-refractivity contribution in [2.24, 2.45) is 5.92 Å². The fraction of sp³-hybridized carbons (Fsp3) is 0.818. The van der Waals surface area contributed by atoms with E-state index in [1.807, 2.05) is 6.08 Å². The zero-order valence-corrected chi connectivity index (χ0v) is 8.09. The summed E-state index contributed by atoms with van der Waals surface area (Å²) in [6, 6.07) is 0. The standard InChI is InChI=1S/C11H22O/c1-4-11(2)9-7-5-6-8-10-12-3/h6,8,11H,4-5,7,9-10H2,1-3H3/b8-6+/i1D,2D. The highest BCUT2D eigenvalue weighted by Crippen LogP contribution is 2.10. The maximum absolute atomic E-state index is 7.29. The minimum absolute atomic E-state index is 0.434. The van der Waals surface area contributed by atoms with E-state index < -0.39 is 0 Å². The molecule has 0 amide bonds. The molecule has 1 nitrogen and oxygen atoms in total. The Morgan fingerprint density at radius 1 is 1.50 bits per heavy atom. The van der Waals surface area contributed by atoms with Crippen molar-refractivity contribution < 1.29 is 7.48 Å². The number of hydrogen-bond donors (Lipinski definition) is 0. The number of unbranched alkanes of at least 4 members (excludes halogenated alkanes) is 1. The second kappa shape index (κ2) is 8.79. The van der Waals surface area contributed by atoms with Crippen LogP contribution in [0.25, 0.3) is 0 Å². The molecule has 12 heavy (non-hydrogen) atoms. The summed E-state index contributed by atoms with van der Waals surface area (Å²) in [5.74, 6) is 0.434. The SMILES string of the molecule is [2H]CCC(C[2H])CCC/C=C/COC. The molecule has 0 rings (SSSR count). The van der Waals surface area contributed by atoms with E-state index in [-0.39, 0.29) is 0 Å². The molecule has 0 aromatic carbocycles. The van der Waals surface area contributed by atoms with Crippen molar-refractivity contribution in [1.29, 1.82) is 0 Å². The van der Waals surface area contributed by atoms with Crippen molar-refractivity contribution in [1.82, 2.24) is 0 Å². The Bertz CT molecular complexity index is 137. The molecular weight excluding hydrogens is 148 g/mol. The summed E-state index contributed by atoms with van der Waals surface area (Å²) in [6.07, 6.45) is 8.32. The van der Waals surface area contributed by atoms with Gasteiger partial charge in [-0.15, -0.1) is 0 Å². The summed E-state index contributed by atoms with van der Waals surface area (Å²) in [5.41, 5.74) is 0. The van der Waals surface area contributed by atoms with Crippen LogP contribution in [0.4, 0.5) is 0 Å². The summed E-state index contributed by atoms with van der Waals surface area (Å²) in [7, 11) is 1.69. The molecule has 0 radical (unpaired) electrons. The fourth-order valence-corrected chi connectivity index (χ4v) is 0.951. The van der Waals surface area contributed by atoms with Crippen LogP contribution in [0.3, 0.4) is 0 Å². The van der Waals surface area contributed by atoms with Crippen LogP contribution in [0, 0.1) is 5.92 Å². The van der Waals surface area contributed by atoms with Gasteiger partial charge >= 0.3 is 0 Å². The number of rotatable bonds is 7. The van der Waals surface area contributed by atoms with Gasteiger partial charge in [-0.2, -0.15) is 0 Å². The van der Waals surface area contributed by atoms with E-state index in [1.165, 1.54) is 0 Å². The van der Waals surface area contributed by atoms with Gasteiger partial charge in [0.15, 0.2) is 0 Å². The van der Waals surface area contributed by atoms with Gasteiger partial charge in [-0.05, 0) is 18.8 Å². The Morgan fingerprint density at radius 2 is 2.42 bits per heavy atom. The van der Waals surface area contributed by atoms with Crippen molar-refractivity contribution in [2.45, 2.75) is 39.5 Å². The lowest BCUT2D eigenvalue weighted by Crippen LogP contribution is -1.90. The van der Waals surface area contributed by atoms with Crippen molar-refractivity contribution in [3.8, 4) is 0 Å². The normalized spacial score (nSPS) is 16.1. The molecule has 0 N–H and O–H groups in total. The van der Waals surface area contributed by atoms with Crippen LogP contribution in [0.1, 0.15) is 42.2 Å². The van der Waals surface area contributed by atoms with Crippen LogP contribution in [0.5, 0.6) is 0 Å². The average molecular weight is 172 g/mol. The Balaban J connectivity index is 3.32. The van der Waals surface area contributed by atoms with Crippen molar-refractivity contribution in [3.63, 3.8) is 0 Å². The predicted molar refractivity (Wildman–Crippen MR) is 54.3 cm³/mol. The van der Waals surface area contributed by atoms with Crippen LogP contribution in [0.15, 0.2) is 12.2 Å². The first-order valence-corrected chi connectivity index (χ1v) is 4.57. The molecule has 0 fully saturated rings. The van der Waals surface area contributed by atoms with Crippen molar-refractivity contribution in [3.05, 3.63) is 12.2 Å². The third kappa shape index (κ3) is 7.80. The predicted octanol–water partition coefficient (Wildman–Crippen LogP) is 3.41. The zero-order valence-electron chi connectivity index (χ0n) is 10.1. The van der Waals surface area contributed by atoms with Crippen LogP contribution < -0.4 is 0 Å². The Hall–Kier alpha value is -0.300. The van der Waals surface area contributed by atoms with Crippen LogP contribution in [0.2, 0.25) is 0 Å². The van der Waals surface area contributed by atoms with Crippen LogP contribution in [-0.4, -0.2) is 13.7 Å². The molecule has 0 spiro atoms. The van der Waals surface area contributed by atoms with E-state index in [0.717, 1.165) is 25.7 Å². The van der Waals surface area contributed by atoms with Gasteiger partial charge in [0, 0.05) is 9.85 Å². The molecule has 0 aromatic rings. The van der Waals surface area contributed by atoms with E-state index in [4.69, 9.17) is 7.48 Å². The molecule has 72 valence electrons. The second-order valence-electron chi connectivity index (χ2n) is 3.01.